The number of nitrogens with zero attached hydrogens (tertiary/aromatic N) is 1. The summed E-state index contributed by atoms with van der Waals surface area (Å²) in [6.45, 7) is -0.971. The molecule has 0 aromatic heterocycles. The van der Waals surface area contributed by atoms with Crippen LogP contribution in [0.5, 0.6) is 0 Å². The normalized spacial score (nSPS) is 11.5. The summed E-state index contributed by atoms with van der Waals surface area (Å²) >= 11 is 5.64. The molecule has 0 atom stereocenters. The van der Waals surface area contributed by atoms with E-state index in [0.717, 1.165) is 4.90 Å². The van der Waals surface area contributed by atoms with E-state index in [4.69, 9.17) is 11.6 Å². The molecule has 0 amide bonds. The van der Waals surface area contributed by atoms with Crippen LogP contribution in [0.3, 0.4) is 0 Å². The van der Waals surface area contributed by atoms with Crippen LogP contribution in [0.15, 0.2) is 24.3 Å². The molecule has 0 aliphatic carbocycles. The summed E-state index contributed by atoms with van der Waals surface area (Å²) in [7, 11) is 1.40. The number of para-hydroxylation sites is 1. The maximum Gasteiger partial charge on any atom is 0.405 e. The van der Waals surface area contributed by atoms with E-state index in [1.54, 1.807) is 24.3 Å². The molecule has 1 nitrogen and oxygen atoms in total. The third-order valence-electron chi connectivity index (χ3n) is 1.96. The second kappa shape index (κ2) is 4.75. The molecule has 0 radical (unpaired) electrons. The van der Waals surface area contributed by atoms with Crippen LogP contribution in [-0.4, -0.2) is 19.8 Å². The number of alkyl halides is 4. The summed E-state index contributed by atoms with van der Waals surface area (Å²) in [5, 5.41) is 0. The molecule has 1 rings (SSSR count). The second-order valence-corrected chi connectivity index (χ2v) is 3.50. The average Bonchev–Trinajstić information content (AvgIpc) is 2.15. The van der Waals surface area contributed by atoms with Gasteiger partial charge in [0.15, 0.2) is 0 Å². The zero-order chi connectivity index (χ0) is 11.5. The summed E-state index contributed by atoms with van der Waals surface area (Å²) in [5.41, 5.74) is 1.22. The lowest BCUT2D eigenvalue weighted by Gasteiger charge is -2.22. The van der Waals surface area contributed by atoms with Crippen molar-refractivity contribution in [2.24, 2.45) is 0 Å². The van der Waals surface area contributed by atoms with E-state index in [2.05, 4.69) is 0 Å². The van der Waals surface area contributed by atoms with Crippen LogP contribution < -0.4 is 4.90 Å². The fourth-order valence-corrected chi connectivity index (χ4v) is 1.58. The van der Waals surface area contributed by atoms with Crippen molar-refractivity contribution in [2.45, 2.75) is 12.1 Å². The smallest absolute Gasteiger partial charge is 0.365 e. The lowest BCUT2D eigenvalue weighted by Crippen LogP contribution is -2.31. The van der Waals surface area contributed by atoms with Gasteiger partial charge in [0.05, 0.1) is 0 Å². The van der Waals surface area contributed by atoms with Gasteiger partial charge in [-0.1, -0.05) is 18.2 Å². The quantitative estimate of drug-likeness (QED) is 0.728. The van der Waals surface area contributed by atoms with Crippen LogP contribution in [0.4, 0.5) is 18.9 Å². The first-order valence-corrected chi connectivity index (χ1v) is 4.89. The van der Waals surface area contributed by atoms with Gasteiger partial charge in [-0.25, -0.2) is 0 Å². The topological polar surface area (TPSA) is 3.24 Å². The number of halogens is 4. The van der Waals surface area contributed by atoms with Crippen LogP contribution >= 0.6 is 11.6 Å². The van der Waals surface area contributed by atoms with Gasteiger partial charge in [-0.2, -0.15) is 13.2 Å². The summed E-state index contributed by atoms with van der Waals surface area (Å²) in [6.07, 6.45) is -4.20. The number of hydrogen-bond donors (Lipinski definition) is 0. The Hall–Kier alpha value is -0.900. The predicted molar refractivity (Wildman–Crippen MR) is 55.3 cm³/mol. The first-order valence-electron chi connectivity index (χ1n) is 4.36. The van der Waals surface area contributed by atoms with Gasteiger partial charge in [-0.3, -0.25) is 0 Å². The minimum atomic E-state index is -4.20. The van der Waals surface area contributed by atoms with Crippen molar-refractivity contribution >= 4 is 17.3 Å². The maximum absolute atomic E-state index is 12.2. The molecule has 0 unspecified atom stereocenters. The average molecular weight is 238 g/mol. The van der Waals surface area contributed by atoms with E-state index in [1.807, 2.05) is 0 Å². The van der Waals surface area contributed by atoms with Crippen LogP contribution in [-0.2, 0) is 5.88 Å². The first-order chi connectivity index (χ1) is 6.94. The predicted octanol–water partition coefficient (Wildman–Crippen LogP) is 3.42. The molecular formula is C10H11ClF3N. The molecule has 0 spiro atoms. The Labute approximate surface area is 91.5 Å². The Balaban J connectivity index is 2.86. The molecule has 0 N–H and O–H groups in total. The SMILES string of the molecule is CN(CC(F)(F)F)c1ccccc1CCl. The monoisotopic (exact) mass is 237 g/mol. The minimum Gasteiger partial charge on any atom is -0.365 e. The molecule has 0 heterocycles. The van der Waals surface area contributed by atoms with Crippen molar-refractivity contribution in [3.63, 3.8) is 0 Å². The number of benzene rings is 1. The molecule has 0 bridgehead atoms. The van der Waals surface area contributed by atoms with Crippen LogP contribution in [0, 0.1) is 0 Å². The molecule has 1 aromatic carbocycles. The van der Waals surface area contributed by atoms with Crippen molar-refractivity contribution in [3.05, 3.63) is 29.8 Å². The van der Waals surface area contributed by atoms with Gasteiger partial charge in [0.1, 0.15) is 6.54 Å². The Morgan fingerprint density at radius 1 is 1.27 bits per heavy atom. The summed E-state index contributed by atoms with van der Waals surface area (Å²) in [4.78, 5) is 1.15. The van der Waals surface area contributed by atoms with Gasteiger partial charge in [0, 0.05) is 18.6 Å². The number of hydrogen-bond acceptors (Lipinski definition) is 1. The largest absolute Gasteiger partial charge is 0.405 e. The van der Waals surface area contributed by atoms with Crippen molar-refractivity contribution < 1.29 is 13.2 Å². The minimum absolute atomic E-state index is 0.207. The van der Waals surface area contributed by atoms with E-state index < -0.39 is 12.7 Å². The van der Waals surface area contributed by atoms with Crippen molar-refractivity contribution in [2.75, 3.05) is 18.5 Å². The summed E-state index contributed by atoms with van der Waals surface area (Å²) in [6, 6.07) is 6.79. The molecule has 0 aliphatic heterocycles. The van der Waals surface area contributed by atoms with E-state index >= 15 is 0 Å². The van der Waals surface area contributed by atoms with Crippen molar-refractivity contribution in [1.29, 1.82) is 0 Å². The van der Waals surface area contributed by atoms with Crippen molar-refractivity contribution in [3.8, 4) is 0 Å². The Kier molecular flexibility index (Phi) is 3.85. The fourth-order valence-electron chi connectivity index (χ4n) is 1.35. The fraction of sp³-hybridized carbons (Fsp3) is 0.400. The standard InChI is InChI=1S/C10H11ClF3N/c1-15(7-10(12,13)14)9-5-3-2-4-8(9)6-11/h2-5H,6-7H2,1H3. The molecule has 84 valence electrons. The molecule has 5 heteroatoms. The van der Waals surface area contributed by atoms with Crippen LogP contribution in [0.1, 0.15) is 5.56 Å². The summed E-state index contributed by atoms with van der Waals surface area (Å²) in [5.74, 6) is 0.207. The lowest BCUT2D eigenvalue weighted by molar-refractivity contribution is -0.119. The Morgan fingerprint density at radius 2 is 1.87 bits per heavy atom. The third-order valence-corrected chi connectivity index (χ3v) is 2.25. The summed E-state index contributed by atoms with van der Waals surface area (Å²) < 4.78 is 36.5. The van der Waals surface area contributed by atoms with Crippen LogP contribution in [0.25, 0.3) is 0 Å². The van der Waals surface area contributed by atoms with E-state index in [-0.39, 0.29) is 5.88 Å². The molecule has 0 saturated heterocycles. The van der Waals surface area contributed by atoms with E-state index in [1.165, 1.54) is 7.05 Å². The zero-order valence-electron chi connectivity index (χ0n) is 8.18. The highest BCUT2D eigenvalue weighted by Gasteiger charge is 2.29. The van der Waals surface area contributed by atoms with Gasteiger partial charge in [-0.05, 0) is 11.6 Å². The van der Waals surface area contributed by atoms with E-state index in [0.29, 0.717) is 11.3 Å². The van der Waals surface area contributed by atoms with E-state index in [9.17, 15) is 13.2 Å². The van der Waals surface area contributed by atoms with Gasteiger partial charge >= 0.3 is 6.18 Å². The molecule has 0 saturated carbocycles. The molecule has 0 aliphatic rings. The van der Waals surface area contributed by atoms with Crippen molar-refractivity contribution in [1.82, 2.24) is 0 Å². The molecule has 15 heavy (non-hydrogen) atoms. The van der Waals surface area contributed by atoms with Gasteiger partial charge in [0.2, 0.25) is 0 Å². The highest BCUT2D eigenvalue weighted by Crippen LogP contribution is 2.24. The first kappa shape index (κ1) is 12.2. The maximum atomic E-state index is 12.2. The highest BCUT2D eigenvalue weighted by molar-refractivity contribution is 6.17. The lowest BCUT2D eigenvalue weighted by atomic mass is 10.2. The van der Waals surface area contributed by atoms with Gasteiger partial charge in [0.25, 0.3) is 0 Å². The van der Waals surface area contributed by atoms with Gasteiger partial charge < -0.3 is 4.90 Å². The zero-order valence-corrected chi connectivity index (χ0v) is 8.94. The molecule has 1 aromatic rings. The number of anilines is 1. The third kappa shape index (κ3) is 3.63. The second-order valence-electron chi connectivity index (χ2n) is 3.23. The molecule has 0 fully saturated rings. The van der Waals surface area contributed by atoms with Crippen LogP contribution in [0.2, 0.25) is 0 Å². The number of rotatable bonds is 3. The molecular weight excluding hydrogens is 227 g/mol. The van der Waals surface area contributed by atoms with Gasteiger partial charge in [-0.15, -0.1) is 11.6 Å². The highest BCUT2D eigenvalue weighted by atomic mass is 35.5. The Bertz CT molecular complexity index is 325. The Morgan fingerprint density at radius 3 is 2.40 bits per heavy atom.